The molecule has 2 atom stereocenters. The molecule has 206 valence electrons. The quantitative estimate of drug-likeness (QED) is 0.423. The van der Waals surface area contributed by atoms with Gasteiger partial charge in [-0.1, -0.05) is 18.2 Å². The number of carbonyl (C=O) groups is 2. The largest absolute Gasteiger partial charge is 0.343 e. The van der Waals surface area contributed by atoms with E-state index in [1.165, 1.54) is 12.1 Å². The van der Waals surface area contributed by atoms with Gasteiger partial charge in [-0.2, -0.15) is 16.9 Å². The van der Waals surface area contributed by atoms with Crippen molar-refractivity contribution in [1.29, 1.82) is 0 Å². The van der Waals surface area contributed by atoms with Crippen LogP contribution in [0.1, 0.15) is 71.0 Å². The van der Waals surface area contributed by atoms with Crippen LogP contribution in [0.5, 0.6) is 0 Å². The number of aromatic nitrogens is 2. The predicted molar refractivity (Wildman–Crippen MR) is 153 cm³/mol. The molecule has 2 aromatic carbocycles. The minimum Gasteiger partial charge on any atom is -0.343 e. The second-order valence-corrected chi connectivity index (χ2v) is 12.1. The molecule has 3 aromatic rings. The van der Waals surface area contributed by atoms with E-state index in [0.29, 0.717) is 17.5 Å². The zero-order valence-corrected chi connectivity index (χ0v) is 23.8. The Morgan fingerprint density at radius 3 is 2.59 bits per heavy atom. The van der Waals surface area contributed by atoms with Crippen LogP contribution in [-0.4, -0.2) is 50.5 Å². The van der Waals surface area contributed by atoms with Gasteiger partial charge in [-0.3, -0.25) is 14.4 Å². The highest BCUT2D eigenvalue weighted by atomic mass is 32.2. The van der Waals surface area contributed by atoms with E-state index >= 15 is 0 Å². The first-order valence-electron chi connectivity index (χ1n) is 13.0. The number of nitrogens with one attached hydrogen (secondary N) is 2. The molecule has 0 saturated carbocycles. The number of thioether (sulfide) groups is 1. The van der Waals surface area contributed by atoms with E-state index in [-0.39, 0.29) is 46.6 Å². The Morgan fingerprint density at radius 2 is 1.90 bits per heavy atom. The SMILES string of the molecule is CSC(C)(C)[C@H]1CCC(c2cccc(F)c2)N1C(=O)CNC(=O)c1ccc(Cc2cc(C)n[nH]c2=O)c(C)c1. The Bertz CT molecular complexity index is 1440. The Balaban J connectivity index is 1.48. The lowest BCUT2D eigenvalue weighted by Crippen LogP contribution is -2.50. The molecule has 39 heavy (non-hydrogen) atoms. The maximum absolute atomic E-state index is 14.0. The molecule has 2 heterocycles. The van der Waals surface area contributed by atoms with Crippen molar-refractivity contribution in [1.82, 2.24) is 20.4 Å². The molecular formula is C30H35FN4O3S. The van der Waals surface area contributed by atoms with E-state index in [2.05, 4.69) is 29.4 Å². The maximum atomic E-state index is 14.0. The molecule has 9 heteroatoms. The van der Waals surface area contributed by atoms with Crippen LogP contribution in [0.3, 0.4) is 0 Å². The molecule has 0 bridgehead atoms. The molecule has 4 rings (SSSR count). The van der Waals surface area contributed by atoms with Gasteiger partial charge in [-0.25, -0.2) is 9.49 Å². The lowest BCUT2D eigenvalue weighted by molar-refractivity contribution is -0.133. The molecule has 2 N–H and O–H groups in total. The van der Waals surface area contributed by atoms with Crippen LogP contribution < -0.4 is 10.9 Å². The number of nitrogens with zero attached hydrogens (tertiary/aromatic N) is 2. The van der Waals surface area contributed by atoms with Crippen molar-refractivity contribution in [3.05, 3.63) is 98.2 Å². The van der Waals surface area contributed by atoms with Crippen molar-refractivity contribution in [3.63, 3.8) is 0 Å². The number of carbonyl (C=O) groups excluding carboxylic acids is 2. The number of H-pyrrole nitrogens is 1. The number of likely N-dealkylation sites (tertiary alicyclic amines) is 1. The lowest BCUT2D eigenvalue weighted by Gasteiger charge is -2.39. The number of aryl methyl sites for hydroxylation is 2. The van der Waals surface area contributed by atoms with Crippen molar-refractivity contribution in [2.24, 2.45) is 0 Å². The van der Waals surface area contributed by atoms with Crippen LogP contribution in [0.25, 0.3) is 0 Å². The molecule has 1 unspecified atom stereocenters. The predicted octanol–water partition coefficient (Wildman–Crippen LogP) is 4.72. The van der Waals surface area contributed by atoms with Gasteiger partial charge in [0.1, 0.15) is 5.82 Å². The Kier molecular flexibility index (Phi) is 8.59. The maximum Gasteiger partial charge on any atom is 0.267 e. The van der Waals surface area contributed by atoms with Crippen LogP contribution in [-0.2, 0) is 11.2 Å². The molecule has 0 aliphatic carbocycles. The molecule has 1 fully saturated rings. The van der Waals surface area contributed by atoms with Gasteiger partial charge in [0.2, 0.25) is 5.91 Å². The molecule has 1 saturated heterocycles. The van der Waals surface area contributed by atoms with Crippen LogP contribution in [0, 0.1) is 19.7 Å². The summed E-state index contributed by atoms with van der Waals surface area (Å²) < 4.78 is 13.8. The average molecular weight is 551 g/mol. The van der Waals surface area contributed by atoms with Crippen LogP contribution in [0.2, 0.25) is 0 Å². The van der Waals surface area contributed by atoms with E-state index in [1.54, 1.807) is 36.0 Å². The molecule has 7 nitrogen and oxygen atoms in total. The number of benzene rings is 2. The topological polar surface area (TPSA) is 95.2 Å². The number of rotatable bonds is 8. The summed E-state index contributed by atoms with van der Waals surface area (Å²) in [6.07, 6.45) is 3.99. The van der Waals surface area contributed by atoms with Crippen LogP contribution >= 0.6 is 11.8 Å². The zero-order valence-electron chi connectivity index (χ0n) is 23.0. The highest BCUT2D eigenvalue weighted by molar-refractivity contribution is 8.00. The van der Waals surface area contributed by atoms with Crippen LogP contribution in [0.4, 0.5) is 4.39 Å². The van der Waals surface area contributed by atoms with Crippen molar-refractivity contribution in [3.8, 4) is 0 Å². The minimum atomic E-state index is -0.349. The van der Waals surface area contributed by atoms with E-state index in [1.807, 2.05) is 37.1 Å². The number of halogens is 1. The second-order valence-electron chi connectivity index (χ2n) is 10.6. The first-order valence-corrected chi connectivity index (χ1v) is 14.3. The Morgan fingerprint density at radius 1 is 1.13 bits per heavy atom. The van der Waals surface area contributed by atoms with Gasteiger partial charge in [-0.05, 0) is 93.8 Å². The highest BCUT2D eigenvalue weighted by Crippen LogP contribution is 2.44. The summed E-state index contributed by atoms with van der Waals surface area (Å²) in [6, 6.07) is 13.2. The zero-order chi connectivity index (χ0) is 28.3. The monoisotopic (exact) mass is 550 g/mol. The first-order chi connectivity index (χ1) is 18.5. The number of amides is 2. The van der Waals surface area contributed by atoms with Gasteiger partial charge in [0.25, 0.3) is 11.5 Å². The third kappa shape index (κ3) is 6.41. The van der Waals surface area contributed by atoms with E-state index in [0.717, 1.165) is 35.2 Å². The number of hydrogen-bond acceptors (Lipinski definition) is 5. The normalized spacial score (nSPS) is 17.3. The van der Waals surface area contributed by atoms with E-state index in [4.69, 9.17) is 0 Å². The van der Waals surface area contributed by atoms with Gasteiger partial charge in [0.15, 0.2) is 0 Å². The Labute approximate surface area is 232 Å². The van der Waals surface area contributed by atoms with Crippen molar-refractivity contribution in [2.75, 3.05) is 12.8 Å². The van der Waals surface area contributed by atoms with Gasteiger partial charge >= 0.3 is 0 Å². The minimum absolute atomic E-state index is 0.0494. The average Bonchev–Trinajstić information content (AvgIpc) is 3.37. The molecular weight excluding hydrogens is 515 g/mol. The fourth-order valence-electron chi connectivity index (χ4n) is 5.30. The molecule has 2 amide bonds. The summed E-state index contributed by atoms with van der Waals surface area (Å²) in [5, 5.41) is 9.20. The molecule has 1 aromatic heterocycles. The number of hydrogen-bond donors (Lipinski definition) is 2. The van der Waals surface area contributed by atoms with E-state index in [9.17, 15) is 18.8 Å². The molecule has 1 aliphatic heterocycles. The van der Waals surface area contributed by atoms with Gasteiger partial charge in [-0.15, -0.1) is 0 Å². The van der Waals surface area contributed by atoms with Crippen molar-refractivity contribution >= 4 is 23.6 Å². The lowest BCUT2D eigenvalue weighted by atomic mass is 9.99. The van der Waals surface area contributed by atoms with Gasteiger partial charge in [0, 0.05) is 28.3 Å². The first kappa shape index (κ1) is 28.5. The summed E-state index contributed by atoms with van der Waals surface area (Å²) >= 11 is 1.69. The Hall–Kier alpha value is -3.46. The summed E-state index contributed by atoms with van der Waals surface area (Å²) in [6.45, 7) is 7.77. The summed E-state index contributed by atoms with van der Waals surface area (Å²) in [4.78, 5) is 40.6. The second kappa shape index (κ2) is 11.7. The van der Waals surface area contributed by atoms with Crippen molar-refractivity contribution in [2.45, 2.75) is 63.8 Å². The van der Waals surface area contributed by atoms with Gasteiger partial charge in [0.05, 0.1) is 18.3 Å². The number of aromatic amines is 1. The fourth-order valence-corrected chi connectivity index (χ4v) is 5.80. The van der Waals surface area contributed by atoms with Gasteiger partial charge < -0.3 is 10.2 Å². The fraction of sp³-hybridized carbons (Fsp3) is 0.400. The summed E-state index contributed by atoms with van der Waals surface area (Å²) in [7, 11) is 0. The molecule has 0 radical (unpaired) electrons. The van der Waals surface area contributed by atoms with Crippen molar-refractivity contribution < 1.29 is 14.0 Å². The summed E-state index contributed by atoms with van der Waals surface area (Å²) in [5.41, 5.74) is 4.10. The molecule has 1 aliphatic rings. The van der Waals surface area contributed by atoms with E-state index < -0.39 is 0 Å². The van der Waals surface area contributed by atoms with Crippen LogP contribution in [0.15, 0.2) is 53.3 Å². The third-order valence-corrected chi connectivity index (χ3v) is 8.95. The highest BCUT2D eigenvalue weighted by Gasteiger charge is 2.44. The standard InChI is InChI=1S/C30H35FN4O3S/c1-18-13-22(10-9-20(18)15-23-14-19(2)33-34-29(23)38)28(37)32-17-27(36)35-25(21-7-6-8-24(31)16-21)11-12-26(35)30(3,4)39-5/h6-10,13-14,16,25-26H,11-12,15,17H2,1-5H3,(H,32,37)(H,34,38)/t25?,26-/m1/s1. The third-order valence-electron chi connectivity index (χ3n) is 7.63. The molecule has 0 spiro atoms. The summed E-state index contributed by atoms with van der Waals surface area (Å²) in [5.74, 6) is -0.871. The smallest absolute Gasteiger partial charge is 0.267 e.